The number of hydrogen-bond donors (Lipinski definition) is 2. The molecule has 0 aliphatic carbocycles. The number of urea groups is 1. The highest BCUT2D eigenvalue weighted by atomic mass is 16.2. The van der Waals surface area contributed by atoms with Gasteiger partial charge in [-0.25, -0.2) is 4.79 Å². The molecule has 0 bridgehead atoms. The zero-order valence-corrected chi connectivity index (χ0v) is 17.1. The molecule has 2 aromatic rings. The van der Waals surface area contributed by atoms with Gasteiger partial charge in [0.2, 0.25) is 5.91 Å². The third kappa shape index (κ3) is 4.35. The molecule has 3 amide bonds. The van der Waals surface area contributed by atoms with Gasteiger partial charge in [-0.2, -0.15) is 0 Å². The quantitative estimate of drug-likeness (QED) is 0.853. The molecular weight excluding hydrogens is 350 g/mol. The Balaban J connectivity index is 1.90. The lowest BCUT2D eigenvalue weighted by molar-refractivity contribution is -0.120. The van der Waals surface area contributed by atoms with Gasteiger partial charge < -0.3 is 15.5 Å². The molecular formula is C23H29N3O2. The molecule has 5 heteroatoms. The van der Waals surface area contributed by atoms with E-state index in [4.69, 9.17) is 0 Å². The molecule has 0 saturated carbocycles. The van der Waals surface area contributed by atoms with Crippen LogP contribution in [-0.4, -0.2) is 25.0 Å². The molecule has 0 spiro atoms. The van der Waals surface area contributed by atoms with Gasteiger partial charge in [0.05, 0.1) is 6.54 Å². The molecule has 0 aromatic heterocycles. The maximum absolute atomic E-state index is 13.3. The number of rotatable bonds is 3. The Labute approximate surface area is 167 Å². The number of carbonyl (C=O) groups excluding carboxylic acids is 2. The van der Waals surface area contributed by atoms with Gasteiger partial charge in [0.15, 0.2) is 0 Å². The molecule has 3 rings (SSSR count). The number of nitrogens with zero attached hydrogens (tertiary/aromatic N) is 1. The maximum atomic E-state index is 13.3. The first-order chi connectivity index (χ1) is 13.3. The van der Waals surface area contributed by atoms with E-state index in [-0.39, 0.29) is 17.4 Å². The van der Waals surface area contributed by atoms with E-state index in [9.17, 15) is 9.59 Å². The molecule has 0 saturated heterocycles. The monoisotopic (exact) mass is 379 g/mol. The fourth-order valence-electron chi connectivity index (χ4n) is 3.54. The lowest BCUT2D eigenvalue weighted by Gasteiger charge is -2.27. The first kappa shape index (κ1) is 19.9. The van der Waals surface area contributed by atoms with Crippen LogP contribution in [0.5, 0.6) is 0 Å². The number of hydrogen-bond acceptors (Lipinski definition) is 2. The van der Waals surface area contributed by atoms with Crippen molar-refractivity contribution in [1.82, 2.24) is 10.6 Å². The van der Waals surface area contributed by atoms with E-state index >= 15 is 0 Å². The number of para-hydroxylation sites is 1. The second-order valence-electron chi connectivity index (χ2n) is 8.31. The summed E-state index contributed by atoms with van der Waals surface area (Å²) in [5, 5.41) is 5.34. The minimum atomic E-state index is -0.541. The first-order valence-electron chi connectivity index (χ1n) is 9.76. The minimum Gasteiger partial charge on any atom is -0.341 e. The van der Waals surface area contributed by atoms with E-state index < -0.39 is 6.04 Å². The highest BCUT2D eigenvalue weighted by Crippen LogP contribution is 2.29. The van der Waals surface area contributed by atoms with Crippen LogP contribution in [0.1, 0.15) is 43.9 Å². The predicted octanol–water partition coefficient (Wildman–Crippen LogP) is 3.76. The third-order valence-corrected chi connectivity index (χ3v) is 5.24. The van der Waals surface area contributed by atoms with Gasteiger partial charge in [-0.05, 0) is 41.0 Å². The fraction of sp³-hybridized carbons (Fsp3) is 0.391. The average Bonchev–Trinajstić information content (AvgIpc) is 2.80. The Kier molecular flexibility index (Phi) is 5.73. The van der Waals surface area contributed by atoms with Crippen LogP contribution in [-0.2, 0) is 23.2 Å². The second-order valence-corrected chi connectivity index (χ2v) is 8.31. The Morgan fingerprint density at radius 2 is 1.79 bits per heavy atom. The average molecular weight is 380 g/mol. The molecule has 0 fully saturated rings. The summed E-state index contributed by atoms with van der Waals surface area (Å²) in [4.78, 5) is 26.9. The van der Waals surface area contributed by atoms with Crippen molar-refractivity contribution in [3.05, 3.63) is 65.2 Å². The molecule has 0 radical (unpaired) electrons. The summed E-state index contributed by atoms with van der Waals surface area (Å²) in [6.45, 7) is 7.04. The summed E-state index contributed by atoms with van der Waals surface area (Å²) in [7, 11) is 1.56. The summed E-state index contributed by atoms with van der Waals surface area (Å²) in [6.07, 6.45) is 1.33. The van der Waals surface area contributed by atoms with Crippen LogP contribution in [0.25, 0.3) is 0 Å². The first-order valence-corrected chi connectivity index (χ1v) is 9.76. The van der Waals surface area contributed by atoms with Crippen LogP contribution in [0.4, 0.5) is 10.5 Å². The summed E-state index contributed by atoms with van der Waals surface area (Å²) >= 11 is 0. The molecule has 148 valence electrons. The SMILES string of the molecule is CNC(=O)NC1CCc2ccccc2N(Cc2ccc(C(C)(C)C)cc2)C1=O. The number of fused-ring (bicyclic) bond motifs is 1. The van der Waals surface area contributed by atoms with Crippen LogP contribution >= 0.6 is 0 Å². The Bertz CT molecular complexity index is 853. The third-order valence-electron chi connectivity index (χ3n) is 5.24. The van der Waals surface area contributed by atoms with Gasteiger partial charge in [0, 0.05) is 12.7 Å². The predicted molar refractivity (Wildman–Crippen MR) is 112 cm³/mol. The Morgan fingerprint density at radius 1 is 1.11 bits per heavy atom. The molecule has 1 aliphatic rings. The van der Waals surface area contributed by atoms with Crippen molar-refractivity contribution in [2.75, 3.05) is 11.9 Å². The van der Waals surface area contributed by atoms with Gasteiger partial charge in [-0.15, -0.1) is 0 Å². The van der Waals surface area contributed by atoms with Crippen molar-refractivity contribution in [2.24, 2.45) is 0 Å². The van der Waals surface area contributed by atoms with E-state index in [0.29, 0.717) is 13.0 Å². The van der Waals surface area contributed by atoms with Gasteiger partial charge >= 0.3 is 6.03 Å². The van der Waals surface area contributed by atoms with Crippen molar-refractivity contribution in [1.29, 1.82) is 0 Å². The molecule has 2 N–H and O–H groups in total. The summed E-state index contributed by atoms with van der Waals surface area (Å²) < 4.78 is 0. The maximum Gasteiger partial charge on any atom is 0.315 e. The zero-order valence-electron chi connectivity index (χ0n) is 17.1. The van der Waals surface area contributed by atoms with Gasteiger partial charge in [0.1, 0.15) is 6.04 Å². The number of carbonyl (C=O) groups is 2. The second kappa shape index (κ2) is 8.05. The topological polar surface area (TPSA) is 61.4 Å². The number of amides is 3. The van der Waals surface area contributed by atoms with Crippen LogP contribution in [0, 0.1) is 0 Å². The largest absolute Gasteiger partial charge is 0.341 e. The number of benzene rings is 2. The summed E-state index contributed by atoms with van der Waals surface area (Å²) in [6, 6.07) is 15.5. The molecule has 1 unspecified atom stereocenters. The van der Waals surface area contributed by atoms with E-state index in [2.05, 4.69) is 61.7 Å². The molecule has 1 aliphatic heterocycles. The fourth-order valence-corrected chi connectivity index (χ4v) is 3.54. The highest BCUT2D eigenvalue weighted by Gasteiger charge is 2.31. The van der Waals surface area contributed by atoms with Crippen LogP contribution in [0.2, 0.25) is 0 Å². The molecule has 1 atom stereocenters. The van der Waals surface area contributed by atoms with Crippen molar-refractivity contribution in [2.45, 2.75) is 51.6 Å². The Morgan fingerprint density at radius 3 is 2.43 bits per heavy atom. The lowest BCUT2D eigenvalue weighted by atomic mass is 9.87. The zero-order chi connectivity index (χ0) is 20.3. The lowest BCUT2D eigenvalue weighted by Crippen LogP contribution is -2.50. The normalized spacial score (nSPS) is 16.9. The number of nitrogens with one attached hydrogen (secondary N) is 2. The van der Waals surface area contributed by atoms with E-state index in [1.54, 1.807) is 11.9 Å². The van der Waals surface area contributed by atoms with Crippen molar-refractivity contribution in [3.63, 3.8) is 0 Å². The summed E-state index contributed by atoms with van der Waals surface area (Å²) in [5.41, 5.74) is 4.47. The smallest absolute Gasteiger partial charge is 0.315 e. The molecule has 28 heavy (non-hydrogen) atoms. The number of aryl methyl sites for hydroxylation is 1. The minimum absolute atomic E-state index is 0.0755. The van der Waals surface area contributed by atoms with Gasteiger partial charge in [-0.3, -0.25) is 4.79 Å². The molecule has 2 aromatic carbocycles. The van der Waals surface area contributed by atoms with E-state index in [1.807, 2.05) is 18.2 Å². The van der Waals surface area contributed by atoms with Crippen molar-refractivity contribution < 1.29 is 9.59 Å². The number of anilines is 1. The van der Waals surface area contributed by atoms with Crippen molar-refractivity contribution in [3.8, 4) is 0 Å². The van der Waals surface area contributed by atoms with Crippen LogP contribution in [0.3, 0.4) is 0 Å². The Hall–Kier alpha value is -2.82. The van der Waals surface area contributed by atoms with E-state index in [1.165, 1.54) is 5.56 Å². The van der Waals surface area contributed by atoms with Crippen LogP contribution in [0.15, 0.2) is 48.5 Å². The standard InChI is InChI=1S/C23H29N3O2/c1-23(2,3)18-12-9-16(10-13-18)15-26-20-8-6-5-7-17(20)11-14-19(21(26)27)25-22(28)24-4/h5-10,12-13,19H,11,14-15H2,1-4H3,(H2,24,25,28). The summed E-state index contributed by atoms with van der Waals surface area (Å²) in [5.74, 6) is -0.0755. The molecule has 1 heterocycles. The molecule has 5 nitrogen and oxygen atoms in total. The van der Waals surface area contributed by atoms with Crippen molar-refractivity contribution >= 4 is 17.6 Å². The van der Waals surface area contributed by atoms with Gasteiger partial charge in [-0.1, -0.05) is 63.2 Å². The highest BCUT2D eigenvalue weighted by molar-refractivity contribution is 6.00. The van der Waals surface area contributed by atoms with Crippen LogP contribution < -0.4 is 15.5 Å². The van der Waals surface area contributed by atoms with E-state index in [0.717, 1.165) is 23.2 Å². The van der Waals surface area contributed by atoms with Gasteiger partial charge in [0.25, 0.3) is 0 Å².